The van der Waals surface area contributed by atoms with Crippen LogP contribution in [0.1, 0.15) is 8.42 Å². The van der Waals surface area contributed by atoms with Gasteiger partial charge >= 0.3 is 59.1 Å². The van der Waals surface area contributed by atoms with Crippen molar-refractivity contribution >= 4 is 25.1 Å². The van der Waals surface area contributed by atoms with Gasteiger partial charge in [-0.25, -0.2) is 0 Å². The summed E-state index contributed by atoms with van der Waals surface area (Å²) in [5.74, 6) is -0.892. The van der Waals surface area contributed by atoms with Crippen molar-refractivity contribution in [1.29, 1.82) is 0 Å². The predicted molar refractivity (Wildman–Crippen MR) is 64.6 cm³/mol. The molecule has 1 aromatic carbocycles. The molecule has 98 valence electrons. The van der Waals surface area contributed by atoms with Crippen molar-refractivity contribution in [3.63, 3.8) is 0 Å². The first-order valence-corrected chi connectivity index (χ1v) is 7.43. The second kappa shape index (κ2) is 8.93. The van der Waals surface area contributed by atoms with E-state index < -0.39 is 30.9 Å². The van der Waals surface area contributed by atoms with Crippen LogP contribution in [-0.2, 0) is 20.2 Å². The molecule has 0 aromatic heterocycles. The Balaban J connectivity index is -0.000000361. The Morgan fingerprint density at radius 3 is 1.89 bits per heavy atom. The van der Waals surface area contributed by atoms with Crippen molar-refractivity contribution < 1.29 is 87.9 Å². The minimum Gasteiger partial charge on any atom is -1.00 e. The molecule has 0 amide bonds. The molecule has 1 aromatic rings. The number of hydrogen-bond donors (Lipinski definition) is 2. The van der Waals surface area contributed by atoms with Gasteiger partial charge in [0.1, 0.15) is 0 Å². The molecule has 0 aliphatic heterocycles. The van der Waals surface area contributed by atoms with E-state index in [2.05, 4.69) is 0 Å². The zero-order chi connectivity index (χ0) is 13.1. The van der Waals surface area contributed by atoms with Crippen molar-refractivity contribution in [2.75, 3.05) is 5.75 Å². The Hall–Kier alpha value is 0.780. The van der Waals surface area contributed by atoms with Crippen LogP contribution in [-0.4, -0.2) is 31.7 Å². The maximum atomic E-state index is 11.1. The Morgan fingerprint density at radius 1 is 1.05 bits per heavy atom. The summed E-state index contributed by atoms with van der Waals surface area (Å²) in [6, 6.07) is 7.48. The van der Waals surface area contributed by atoms with E-state index in [1.807, 2.05) is 0 Å². The standard InChI is InChI=1S/C9H10O6S2.2Na.2H/c10-16(11,12)7-6-9(17(13,14)15)8-4-2-1-3-5-8;;;;/h1-6H,7H2,(H,10,11,12)(H,13,14,15);;;;/q;2*+1;2*-1. The van der Waals surface area contributed by atoms with E-state index in [1.54, 1.807) is 6.07 Å². The Kier molecular flexibility index (Phi) is 10.4. The molecule has 2 N–H and O–H groups in total. The monoisotopic (exact) mass is 326 g/mol. The van der Waals surface area contributed by atoms with Gasteiger partial charge < -0.3 is 2.85 Å². The van der Waals surface area contributed by atoms with Crippen LogP contribution in [0.2, 0.25) is 0 Å². The van der Waals surface area contributed by atoms with Gasteiger partial charge in [0, 0.05) is 0 Å². The molecule has 1 rings (SSSR count). The summed E-state index contributed by atoms with van der Waals surface area (Å²) in [5, 5.41) is 0. The number of benzene rings is 1. The van der Waals surface area contributed by atoms with Gasteiger partial charge in [-0.05, 0) is 11.6 Å². The smallest absolute Gasteiger partial charge is 1.00 e. The quantitative estimate of drug-likeness (QED) is 0.424. The topological polar surface area (TPSA) is 109 Å². The van der Waals surface area contributed by atoms with Crippen LogP contribution in [0, 0.1) is 0 Å². The molecule has 0 saturated carbocycles. The van der Waals surface area contributed by atoms with Crippen LogP contribution in [0.25, 0.3) is 4.91 Å². The number of rotatable bonds is 4. The van der Waals surface area contributed by atoms with Gasteiger partial charge in [0.05, 0.1) is 10.7 Å². The van der Waals surface area contributed by atoms with E-state index in [9.17, 15) is 16.8 Å². The summed E-state index contributed by atoms with van der Waals surface area (Å²) < 4.78 is 60.7. The predicted octanol–water partition coefficient (Wildman–Crippen LogP) is -4.96. The minimum atomic E-state index is -4.55. The summed E-state index contributed by atoms with van der Waals surface area (Å²) in [6.45, 7) is 0. The largest absolute Gasteiger partial charge is 1.00 e. The molecule has 0 unspecified atom stereocenters. The van der Waals surface area contributed by atoms with Crippen LogP contribution >= 0.6 is 0 Å². The van der Waals surface area contributed by atoms with Crippen LogP contribution in [0.3, 0.4) is 0 Å². The fourth-order valence-corrected chi connectivity index (χ4v) is 2.37. The van der Waals surface area contributed by atoms with Gasteiger partial charge in [0.25, 0.3) is 20.2 Å². The zero-order valence-electron chi connectivity index (χ0n) is 12.5. The fourth-order valence-electron chi connectivity index (χ4n) is 1.16. The van der Waals surface area contributed by atoms with Crippen molar-refractivity contribution in [1.82, 2.24) is 0 Å². The molecular weight excluding hydrogens is 314 g/mol. The molecule has 0 atom stereocenters. The molecule has 0 bridgehead atoms. The average Bonchev–Trinajstić information content (AvgIpc) is 2.15. The van der Waals surface area contributed by atoms with Gasteiger partial charge in [-0.3, -0.25) is 9.11 Å². The van der Waals surface area contributed by atoms with Crippen LogP contribution in [0.15, 0.2) is 36.4 Å². The molecule has 0 spiro atoms. The van der Waals surface area contributed by atoms with E-state index in [4.69, 9.17) is 9.11 Å². The molecule has 0 fully saturated rings. The maximum absolute atomic E-state index is 11.1. The molecule has 0 radical (unpaired) electrons. The van der Waals surface area contributed by atoms with Gasteiger partial charge in [0.2, 0.25) is 0 Å². The normalized spacial score (nSPS) is 12.2. The van der Waals surface area contributed by atoms with Gasteiger partial charge in [-0.2, -0.15) is 16.8 Å². The molecule has 0 saturated heterocycles. The van der Waals surface area contributed by atoms with Gasteiger partial charge in [-0.15, -0.1) is 0 Å². The second-order valence-electron chi connectivity index (χ2n) is 3.16. The van der Waals surface area contributed by atoms with E-state index in [-0.39, 0.29) is 67.5 Å². The van der Waals surface area contributed by atoms with Crippen molar-refractivity contribution in [3.05, 3.63) is 42.0 Å². The summed E-state index contributed by atoms with van der Waals surface area (Å²) in [4.78, 5) is -0.560. The number of hydrogen-bond acceptors (Lipinski definition) is 4. The van der Waals surface area contributed by atoms with E-state index in [0.29, 0.717) is 0 Å². The molecule has 19 heavy (non-hydrogen) atoms. The van der Waals surface area contributed by atoms with E-state index in [0.717, 1.165) is 6.08 Å². The van der Waals surface area contributed by atoms with Gasteiger partial charge in [-0.1, -0.05) is 30.3 Å². The van der Waals surface area contributed by atoms with Gasteiger partial charge in [0.15, 0.2) is 0 Å². The Morgan fingerprint density at radius 2 is 1.53 bits per heavy atom. The summed E-state index contributed by atoms with van der Waals surface area (Å²) in [5.41, 5.74) is 0.138. The first-order chi connectivity index (χ1) is 7.70. The third-order valence-electron chi connectivity index (χ3n) is 1.82. The average molecular weight is 326 g/mol. The molecule has 0 aliphatic rings. The maximum Gasteiger partial charge on any atom is 1.00 e. The minimum absolute atomic E-state index is 0. The second-order valence-corrected chi connectivity index (χ2v) is 6.05. The first kappa shape index (κ1) is 22.1. The van der Waals surface area contributed by atoms with Crippen molar-refractivity contribution in [3.8, 4) is 0 Å². The summed E-state index contributed by atoms with van der Waals surface area (Å²) >= 11 is 0. The van der Waals surface area contributed by atoms with E-state index >= 15 is 0 Å². The molecule has 0 aliphatic carbocycles. The molecule has 6 nitrogen and oxygen atoms in total. The Bertz CT molecular complexity index is 631. The third-order valence-corrected chi connectivity index (χ3v) is 3.36. The molecule has 10 heteroatoms. The third kappa shape index (κ3) is 8.61. The molecule has 0 heterocycles. The summed E-state index contributed by atoms with van der Waals surface area (Å²) in [7, 11) is -8.89. The van der Waals surface area contributed by atoms with Crippen LogP contribution in [0.4, 0.5) is 0 Å². The van der Waals surface area contributed by atoms with Crippen LogP contribution in [0.5, 0.6) is 0 Å². The van der Waals surface area contributed by atoms with Crippen molar-refractivity contribution in [2.45, 2.75) is 0 Å². The fraction of sp³-hybridized carbons (Fsp3) is 0.111. The zero-order valence-corrected chi connectivity index (χ0v) is 16.1. The SMILES string of the molecule is O=S(=O)(O)CC=C(c1ccccc1)S(=O)(=O)O.[H-].[H-].[Na+].[Na+]. The van der Waals surface area contributed by atoms with Crippen LogP contribution < -0.4 is 59.1 Å². The Labute approximate surface area is 159 Å². The molecular formula is C9H12Na2O6S2. The first-order valence-electron chi connectivity index (χ1n) is 4.38. The van der Waals surface area contributed by atoms with E-state index in [1.165, 1.54) is 24.3 Å². The van der Waals surface area contributed by atoms with Crippen molar-refractivity contribution in [2.24, 2.45) is 0 Å². The summed E-state index contributed by atoms with van der Waals surface area (Å²) in [6.07, 6.45) is 0.736.